The van der Waals surface area contributed by atoms with Gasteiger partial charge in [0.1, 0.15) is 5.82 Å². The van der Waals surface area contributed by atoms with Crippen molar-refractivity contribution >= 4 is 5.57 Å². The average molecular weight is 192 g/mol. The third-order valence-electron chi connectivity index (χ3n) is 1.74. The number of aryl methyl sites for hydroxylation is 1. The molecule has 0 radical (unpaired) electrons. The lowest BCUT2D eigenvalue weighted by Crippen LogP contribution is -2.00. The van der Waals surface area contributed by atoms with Gasteiger partial charge in [0.05, 0.1) is 0 Å². The van der Waals surface area contributed by atoms with Crippen molar-refractivity contribution in [1.29, 1.82) is 0 Å². The highest BCUT2D eigenvalue weighted by molar-refractivity contribution is 5.68. The minimum atomic E-state index is 0.808. The highest BCUT2D eigenvalue weighted by atomic mass is 15.2. The van der Waals surface area contributed by atoms with Crippen LogP contribution in [0.4, 0.5) is 0 Å². The van der Waals surface area contributed by atoms with E-state index in [9.17, 15) is 0 Å². The van der Waals surface area contributed by atoms with E-state index in [0.717, 1.165) is 17.2 Å². The van der Waals surface area contributed by atoms with Crippen molar-refractivity contribution in [2.75, 3.05) is 14.1 Å². The van der Waals surface area contributed by atoms with Gasteiger partial charge in [0.25, 0.3) is 0 Å². The number of aromatic nitrogens is 3. The van der Waals surface area contributed by atoms with Gasteiger partial charge in [0.15, 0.2) is 5.82 Å². The largest absolute Gasteiger partial charge is 0.383 e. The third-order valence-corrected chi connectivity index (χ3v) is 1.74. The van der Waals surface area contributed by atoms with Gasteiger partial charge in [-0.2, -0.15) is 0 Å². The summed E-state index contributed by atoms with van der Waals surface area (Å²) in [5.74, 6) is 1.64. The Morgan fingerprint density at radius 3 is 2.50 bits per heavy atom. The van der Waals surface area contributed by atoms with Crippen LogP contribution in [0.1, 0.15) is 18.6 Å². The van der Waals surface area contributed by atoms with Gasteiger partial charge < -0.3 is 9.88 Å². The molecule has 0 aliphatic rings. The molecule has 76 valence electrons. The van der Waals surface area contributed by atoms with Crippen LogP contribution < -0.4 is 0 Å². The topological polar surface area (TPSA) is 44.8 Å². The first-order valence-corrected chi connectivity index (χ1v) is 4.54. The summed E-state index contributed by atoms with van der Waals surface area (Å²) in [4.78, 5) is 5.07. The maximum atomic E-state index is 4.02. The van der Waals surface area contributed by atoms with Crippen molar-refractivity contribution < 1.29 is 0 Å². The number of nitrogens with one attached hydrogen (secondary N) is 1. The number of aromatic amines is 1. The Kier molecular flexibility index (Phi) is 3.45. The van der Waals surface area contributed by atoms with Crippen molar-refractivity contribution in [3.05, 3.63) is 30.0 Å². The van der Waals surface area contributed by atoms with E-state index in [1.807, 2.05) is 51.2 Å². The molecule has 0 amide bonds. The zero-order chi connectivity index (χ0) is 10.6. The van der Waals surface area contributed by atoms with Crippen LogP contribution in [-0.4, -0.2) is 34.2 Å². The fourth-order valence-electron chi connectivity index (χ4n) is 1.02. The first-order chi connectivity index (χ1) is 6.63. The lowest BCUT2D eigenvalue weighted by Gasteiger charge is -2.03. The molecule has 0 aromatic carbocycles. The van der Waals surface area contributed by atoms with Gasteiger partial charge in [0.2, 0.25) is 0 Å². The molecule has 0 unspecified atom stereocenters. The number of nitrogens with zero attached hydrogens (tertiary/aromatic N) is 3. The van der Waals surface area contributed by atoms with Crippen molar-refractivity contribution in [3.8, 4) is 0 Å². The molecule has 1 aromatic rings. The van der Waals surface area contributed by atoms with Gasteiger partial charge in [0, 0.05) is 19.7 Å². The van der Waals surface area contributed by atoms with Crippen LogP contribution in [-0.2, 0) is 0 Å². The van der Waals surface area contributed by atoms with E-state index in [2.05, 4.69) is 15.2 Å². The highest BCUT2D eigenvalue weighted by Crippen LogP contribution is 2.10. The second-order valence-corrected chi connectivity index (χ2v) is 3.28. The summed E-state index contributed by atoms with van der Waals surface area (Å²) in [5, 5.41) is 7.94. The van der Waals surface area contributed by atoms with Crippen molar-refractivity contribution in [2.24, 2.45) is 0 Å². The summed E-state index contributed by atoms with van der Waals surface area (Å²) in [6, 6.07) is 0. The van der Waals surface area contributed by atoms with Crippen molar-refractivity contribution in [2.45, 2.75) is 13.8 Å². The summed E-state index contributed by atoms with van der Waals surface area (Å²) in [6.07, 6.45) is 5.98. The second-order valence-electron chi connectivity index (χ2n) is 3.28. The minimum Gasteiger partial charge on any atom is -0.383 e. The maximum Gasteiger partial charge on any atom is 0.161 e. The van der Waals surface area contributed by atoms with Crippen LogP contribution in [0.15, 0.2) is 18.4 Å². The maximum absolute atomic E-state index is 4.02. The lowest BCUT2D eigenvalue weighted by atomic mass is 10.2. The van der Waals surface area contributed by atoms with Crippen molar-refractivity contribution in [1.82, 2.24) is 20.1 Å². The summed E-state index contributed by atoms with van der Waals surface area (Å²) < 4.78 is 0. The molecule has 14 heavy (non-hydrogen) atoms. The Morgan fingerprint density at radius 1 is 1.36 bits per heavy atom. The van der Waals surface area contributed by atoms with E-state index < -0.39 is 0 Å². The molecule has 1 rings (SSSR count). The first kappa shape index (κ1) is 10.5. The van der Waals surface area contributed by atoms with Gasteiger partial charge in [-0.1, -0.05) is 6.08 Å². The van der Waals surface area contributed by atoms with Crippen LogP contribution >= 0.6 is 0 Å². The molecule has 0 saturated heterocycles. The van der Waals surface area contributed by atoms with Gasteiger partial charge in [-0.25, -0.2) is 0 Å². The molecule has 0 bridgehead atoms. The van der Waals surface area contributed by atoms with E-state index in [-0.39, 0.29) is 0 Å². The lowest BCUT2D eigenvalue weighted by molar-refractivity contribution is 0.564. The molecule has 0 saturated carbocycles. The zero-order valence-electron chi connectivity index (χ0n) is 9.07. The van der Waals surface area contributed by atoms with Crippen LogP contribution in [0.25, 0.3) is 5.57 Å². The minimum absolute atomic E-state index is 0.808. The van der Waals surface area contributed by atoms with Crippen LogP contribution in [0.5, 0.6) is 0 Å². The van der Waals surface area contributed by atoms with E-state index in [1.165, 1.54) is 0 Å². The summed E-state index contributed by atoms with van der Waals surface area (Å²) in [5.41, 5.74) is 1.04. The number of hydrogen-bond acceptors (Lipinski definition) is 3. The average Bonchev–Trinajstić information content (AvgIpc) is 2.53. The number of allylic oxidation sites excluding steroid dienone is 3. The molecular formula is C10H16N4. The molecule has 4 nitrogen and oxygen atoms in total. The van der Waals surface area contributed by atoms with E-state index in [4.69, 9.17) is 0 Å². The fourth-order valence-corrected chi connectivity index (χ4v) is 1.02. The molecule has 0 spiro atoms. The Morgan fingerprint density at radius 2 is 2.07 bits per heavy atom. The summed E-state index contributed by atoms with van der Waals surface area (Å²) >= 11 is 0. The van der Waals surface area contributed by atoms with Crippen molar-refractivity contribution in [3.63, 3.8) is 0 Å². The summed E-state index contributed by atoms with van der Waals surface area (Å²) in [7, 11) is 3.96. The Hall–Kier alpha value is -1.58. The zero-order valence-corrected chi connectivity index (χ0v) is 9.07. The molecule has 1 heterocycles. The van der Waals surface area contributed by atoms with Gasteiger partial charge in [-0.05, 0) is 26.1 Å². The van der Waals surface area contributed by atoms with Gasteiger partial charge in [-0.3, -0.25) is 0 Å². The van der Waals surface area contributed by atoms with Gasteiger partial charge in [-0.15, -0.1) is 10.2 Å². The van der Waals surface area contributed by atoms with Crippen LogP contribution in [0.2, 0.25) is 0 Å². The Labute approximate surface area is 84.3 Å². The molecule has 1 N–H and O–H groups in total. The predicted molar refractivity (Wildman–Crippen MR) is 57.6 cm³/mol. The second kappa shape index (κ2) is 4.60. The predicted octanol–water partition coefficient (Wildman–Crippen LogP) is 1.59. The van der Waals surface area contributed by atoms with E-state index >= 15 is 0 Å². The quantitative estimate of drug-likeness (QED) is 0.740. The molecule has 0 aliphatic heterocycles. The van der Waals surface area contributed by atoms with Crippen LogP contribution in [0.3, 0.4) is 0 Å². The smallest absolute Gasteiger partial charge is 0.161 e. The van der Waals surface area contributed by atoms with E-state index in [1.54, 1.807) is 0 Å². The molecule has 1 aromatic heterocycles. The molecule has 0 atom stereocenters. The summed E-state index contributed by atoms with van der Waals surface area (Å²) in [6.45, 7) is 3.87. The normalized spacial score (nSPS) is 12.4. The highest BCUT2D eigenvalue weighted by Gasteiger charge is 2.01. The Bertz CT molecular complexity index is 347. The molecule has 4 heteroatoms. The number of rotatable bonds is 3. The van der Waals surface area contributed by atoms with E-state index in [0.29, 0.717) is 0 Å². The molecule has 0 aliphatic carbocycles. The standard InChI is InChI=1S/C10H16N4/c1-5-9(6-7-14(3)4)10-11-8(2)12-13-10/h5-7H,1-4H3,(H,11,12,13)/b7-6-,9-5+. The monoisotopic (exact) mass is 192 g/mol. The molecular weight excluding hydrogens is 176 g/mol. The Balaban J connectivity index is 2.84. The van der Waals surface area contributed by atoms with Crippen LogP contribution in [0, 0.1) is 6.92 Å². The number of H-pyrrole nitrogens is 1. The fraction of sp³-hybridized carbons (Fsp3) is 0.400. The first-order valence-electron chi connectivity index (χ1n) is 4.54. The van der Waals surface area contributed by atoms with Gasteiger partial charge >= 0.3 is 0 Å². The number of hydrogen-bond donors (Lipinski definition) is 1. The third kappa shape index (κ3) is 2.73. The SMILES string of the molecule is C/C=C(\C=C/N(C)C)c1nnc(C)[nH]1. The molecule has 0 fully saturated rings.